The van der Waals surface area contributed by atoms with E-state index in [2.05, 4.69) is 15.8 Å². The Morgan fingerprint density at radius 1 is 1.35 bits per heavy atom. The van der Waals surface area contributed by atoms with Crippen molar-refractivity contribution >= 4 is 17.8 Å². The molecule has 1 unspecified atom stereocenters. The van der Waals surface area contributed by atoms with Crippen LogP contribution < -0.4 is 10.6 Å². The first-order chi connectivity index (χ1) is 12.3. The molecule has 1 saturated heterocycles. The number of carbonyl (C=O) groups excluding carboxylic acids is 3. The molecule has 0 radical (unpaired) electrons. The molecule has 0 bridgehead atoms. The van der Waals surface area contributed by atoms with Crippen LogP contribution in [-0.4, -0.2) is 34.4 Å². The number of hydrogen-bond acceptors (Lipinski definition) is 5. The van der Waals surface area contributed by atoms with E-state index in [9.17, 15) is 18.8 Å². The van der Waals surface area contributed by atoms with Crippen LogP contribution in [0.1, 0.15) is 23.9 Å². The fourth-order valence-corrected chi connectivity index (χ4v) is 2.70. The lowest BCUT2D eigenvalue weighted by Crippen LogP contribution is -2.43. The van der Waals surface area contributed by atoms with E-state index in [1.807, 2.05) is 0 Å². The Balaban J connectivity index is 1.66. The Labute approximate surface area is 148 Å². The van der Waals surface area contributed by atoms with Crippen molar-refractivity contribution in [2.24, 2.45) is 0 Å². The van der Waals surface area contributed by atoms with Crippen molar-refractivity contribution in [3.05, 3.63) is 53.2 Å². The van der Waals surface area contributed by atoms with Crippen LogP contribution in [0.2, 0.25) is 0 Å². The summed E-state index contributed by atoms with van der Waals surface area (Å²) >= 11 is 0. The van der Waals surface area contributed by atoms with E-state index in [1.54, 1.807) is 13.0 Å². The maximum absolute atomic E-state index is 13.1. The highest BCUT2D eigenvalue weighted by atomic mass is 19.1. The first-order valence-electron chi connectivity index (χ1n) is 7.88. The van der Waals surface area contributed by atoms with Crippen LogP contribution in [-0.2, 0) is 21.7 Å². The number of nitrogens with zero attached hydrogens (tertiary/aromatic N) is 2. The van der Waals surface area contributed by atoms with Gasteiger partial charge in [-0.3, -0.25) is 14.5 Å². The lowest BCUT2D eigenvalue weighted by atomic mass is 9.92. The van der Waals surface area contributed by atoms with Gasteiger partial charge in [0.15, 0.2) is 5.76 Å². The van der Waals surface area contributed by atoms with Crippen LogP contribution in [0.5, 0.6) is 0 Å². The summed E-state index contributed by atoms with van der Waals surface area (Å²) in [5, 5.41) is 8.81. The molecule has 3 rings (SSSR count). The number of hydrogen-bond donors (Lipinski definition) is 2. The Bertz CT molecular complexity index is 864. The van der Waals surface area contributed by atoms with E-state index in [1.165, 1.54) is 31.2 Å². The molecule has 4 amide bonds. The minimum absolute atomic E-state index is 0.0958. The second-order valence-electron chi connectivity index (χ2n) is 6.16. The van der Waals surface area contributed by atoms with E-state index in [-0.39, 0.29) is 6.54 Å². The number of nitrogens with one attached hydrogen (secondary N) is 2. The fourth-order valence-electron chi connectivity index (χ4n) is 2.70. The quantitative estimate of drug-likeness (QED) is 0.780. The number of amides is 4. The maximum atomic E-state index is 13.1. The number of aromatic nitrogens is 1. The predicted molar refractivity (Wildman–Crippen MR) is 87.1 cm³/mol. The molecule has 1 aromatic carbocycles. The minimum Gasteiger partial charge on any atom is -0.359 e. The van der Waals surface area contributed by atoms with Crippen molar-refractivity contribution in [2.45, 2.75) is 25.9 Å². The third-order valence-electron chi connectivity index (χ3n) is 4.13. The van der Waals surface area contributed by atoms with Crippen LogP contribution in [0.4, 0.5) is 9.18 Å². The average molecular weight is 360 g/mol. The molecule has 1 fully saturated rings. The van der Waals surface area contributed by atoms with Crippen LogP contribution in [0, 0.1) is 12.7 Å². The molecule has 1 aliphatic heterocycles. The smallest absolute Gasteiger partial charge is 0.325 e. The van der Waals surface area contributed by atoms with Gasteiger partial charge in [0.1, 0.15) is 17.9 Å². The highest BCUT2D eigenvalue weighted by molar-refractivity contribution is 6.09. The molecule has 1 aromatic heterocycles. The summed E-state index contributed by atoms with van der Waals surface area (Å²) in [5.41, 5.74) is -0.247. The van der Waals surface area contributed by atoms with E-state index in [0.717, 1.165) is 4.90 Å². The number of urea groups is 1. The third-order valence-corrected chi connectivity index (χ3v) is 4.13. The second kappa shape index (κ2) is 6.58. The molecule has 2 N–H and O–H groups in total. The zero-order valence-electron chi connectivity index (χ0n) is 14.2. The molecule has 1 atom stereocenters. The molecular weight excluding hydrogens is 343 g/mol. The molecule has 2 aromatic rings. The number of carbonyl (C=O) groups is 3. The van der Waals surface area contributed by atoms with Gasteiger partial charge in [0, 0.05) is 6.07 Å². The average Bonchev–Trinajstić information content (AvgIpc) is 3.11. The van der Waals surface area contributed by atoms with Crippen molar-refractivity contribution < 1.29 is 23.3 Å². The third kappa shape index (κ3) is 3.28. The molecular formula is C17H17FN4O4. The van der Waals surface area contributed by atoms with Gasteiger partial charge in [-0.2, -0.15) is 0 Å². The fraction of sp³-hybridized carbons (Fsp3) is 0.294. The van der Waals surface area contributed by atoms with Gasteiger partial charge in [0.2, 0.25) is 5.91 Å². The Morgan fingerprint density at radius 2 is 2.04 bits per heavy atom. The summed E-state index contributed by atoms with van der Waals surface area (Å²) in [5.74, 6) is -1.09. The number of imide groups is 1. The van der Waals surface area contributed by atoms with E-state index >= 15 is 0 Å². The summed E-state index contributed by atoms with van der Waals surface area (Å²) < 4.78 is 18.1. The lowest BCUT2D eigenvalue weighted by molar-refractivity contribution is -0.134. The summed E-state index contributed by atoms with van der Waals surface area (Å²) in [4.78, 5) is 37.7. The molecule has 0 saturated carbocycles. The highest BCUT2D eigenvalue weighted by Crippen LogP contribution is 2.28. The van der Waals surface area contributed by atoms with E-state index in [4.69, 9.17) is 4.52 Å². The van der Waals surface area contributed by atoms with Crippen molar-refractivity contribution in [3.8, 4) is 0 Å². The number of halogens is 1. The second-order valence-corrected chi connectivity index (χ2v) is 6.16. The summed E-state index contributed by atoms with van der Waals surface area (Å²) in [6.07, 6.45) is 0. The monoisotopic (exact) mass is 360 g/mol. The Hall–Kier alpha value is -3.23. The van der Waals surface area contributed by atoms with Crippen molar-refractivity contribution in [1.82, 2.24) is 20.7 Å². The van der Waals surface area contributed by atoms with Gasteiger partial charge in [0.05, 0.1) is 12.2 Å². The van der Waals surface area contributed by atoms with Crippen molar-refractivity contribution in [2.75, 3.05) is 6.54 Å². The first kappa shape index (κ1) is 17.6. The van der Waals surface area contributed by atoms with E-state index in [0.29, 0.717) is 17.0 Å². The standard InChI is InChI=1S/C17H17FN4O4/c1-10-7-13(26-21-10)8-19-14(23)9-22-15(24)17(2,20-16(22)25)11-3-5-12(18)6-4-11/h3-7H,8-9H2,1-2H3,(H,19,23)(H,20,25). The summed E-state index contributed by atoms with van der Waals surface area (Å²) in [7, 11) is 0. The SMILES string of the molecule is Cc1cc(CNC(=O)CN2C(=O)NC(C)(c3ccc(F)cc3)C2=O)on1. The Kier molecular flexibility index (Phi) is 4.45. The molecule has 2 heterocycles. The molecule has 0 spiro atoms. The van der Waals surface area contributed by atoms with Crippen molar-refractivity contribution in [3.63, 3.8) is 0 Å². The normalized spacial score (nSPS) is 19.6. The van der Waals surface area contributed by atoms with Gasteiger partial charge in [-0.1, -0.05) is 17.3 Å². The number of benzene rings is 1. The number of aryl methyl sites for hydroxylation is 1. The zero-order valence-corrected chi connectivity index (χ0v) is 14.2. The molecule has 0 aliphatic carbocycles. The predicted octanol–water partition coefficient (Wildman–Crippen LogP) is 1.21. The van der Waals surface area contributed by atoms with Crippen LogP contribution in [0.15, 0.2) is 34.9 Å². The zero-order chi connectivity index (χ0) is 18.9. The van der Waals surface area contributed by atoms with Gasteiger partial charge in [-0.25, -0.2) is 9.18 Å². The Morgan fingerprint density at radius 3 is 2.65 bits per heavy atom. The lowest BCUT2D eigenvalue weighted by Gasteiger charge is -2.22. The molecule has 136 valence electrons. The van der Waals surface area contributed by atoms with Gasteiger partial charge in [0.25, 0.3) is 5.91 Å². The molecule has 8 nitrogen and oxygen atoms in total. The summed E-state index contributed by atoms with van der Waals surface area (Å²) in [6, 6.07) is 6.22. The molecule has 1 aliphatic rings. The topological polar surface area (TPSA) is 105 Å². The van der Waals surface area contributed by atoms with E-state index < -0.39 is 35.7 Å². The van der Waals surface area contributed by atoms with Gasteiger partial charge in [-0.15, -0.1) is 0 Å². The maximum Gasteiger partial charge on any atom is 0.325 e. The first-order valence-corrected chi connectivity index (χ1v) is 7.88. The van der Waals surface area contributed by atoms with Gasteiger partial charge in [-0.05, 0) is 31.5 Å². The van der Waals surface area contributed by atoms with Gasteiger partial charge < -0.3 is 15.2 Å². The van der Waals surface area contributed by atoms with Gasteiger partial charge >= 0.3 is 6.03 Å². The molecule has 9 heteroatoms. The highest BCUT2D eigenvalue weighted by Gasteiger charge is 2.49. The molecule has 26 heavy (non-hydrogen) atoms. The summed E-state index contributed by atoms with van der Waals surface area (Å²) in [6.45, 7) is 2.92. The van der Waals surface area contributed by atoms with Crippen molar-refractivity contribution in [1.29, 1.82) is 0 Å². The minimum atomic E-state index is -1.35. The van der Waals surface area contributed by atoms with Crippen LogP contribution in [0.25, 0.3) is 0 Å². The van der Waals surface area contributed by atoms with Crippen LogP contribution >= 0.6 is 0 Å². The van der Waals surface area contributed by atoms with Crippen LogP contribution in [0.3, 0.4) is 0 Å². The largest absolute Gasteiger partial charge is 0.359 e. The number of rotatable bonds is 5.